The van der Waals surface area contributed by atoms with Crippen molar-refractivity contribution in [3.05, 3.63) is 24.3 Å². The second kappa shape index (κ2) is 8.64. The summed E-state index contributed by atoms with van der Waals surface area (Å²) >= 11 is 0. The maximum Gasteiger partial charge on any atom is 0.241 e. The van der Waals surface area contributed by atoms with Crippen LogP contribution in [0.25, 0.3) is 0 Å². The second-order valence-corrected chi connectivity index (χ2v) is 5.54. The number of rotatable bonds is 8. The molecule has 0 aliphatic carbocycles. The molecule has 118 valence electrons. The zero-order valence-corrected chi connectivity index (χ0v) is 13.6. The number of nitrogens with two attached hydrogens (primary N) is 1. The summed E-state index contributed by atoms with van der Waals surface area (Å²) < 4.78 is 0. The number of nitrogens with one attached hydrogen (secondary N) is 1. The first kappa shape index (κ1) is 17.5. The number of carbonyl (C=O) groups is 1. The van der Waals surface area contributed by atoms with E-state index in [-0.39, 0.29) is 11.9 Å². The van der Waals surface area contributed by atoms with Gasteiger partial charge < -0.3 is 16.0 Å². The molecule has 1 atom stereocenters. The summed E-state index contributed by atoms with van der Waals surface area (Å²) in [7, 11) is 4.12. The van der Waals surface area contributed by atoms with Crippen LogP contribution in [0.2, 0.25) is 0 Å². The summed E-state index contributed by atoms with van der Waals surface area (Å²) in [6.45, 7) is 6.81. The predicted octanol–water partition coefficient (Wildman–Crippen LogP) is 1.87. The summed E-state index contributed by atoms with van der Waals surface area (Å²) in [5.41, 5.74) is 7.13. The zero-order valence-electron chi connectivity index (χ0n) is 13.6. The summed E-state index contributed by atoms with van der Waals surface area (Å²) in [4.78, 5) is 16.7. The van der Waals surface area contributed by atoms with Gasteiger partial charge in [0.1, 0.15) is 0 Å². The van der Waals surface area contributed by atoms with Crippen molar-refractivity contribution < 1.29 is 4.79 Å². The molecule has 0 aliphatic heterocycles. The average Bonchev–Trinajstić information content (AvgIpc) is 2.45. The predicted molar refractivity (Wildman–Crippen MR) is 89.4 cm³/mol. The number of hydrogen-bond acceptors (Lipinski definition) is 4. The van der Waals surface area contributed by atoms with Crippen molar-refractivity contribution in [2.75, 3.05) is 44.8 Å². The van der Waals surface area contributed by atoms with Crippen molar-refractivity contribution in [2.45, 2.75) is 26.3 Å². The Morgan fingerprint density at radius 3 is 2.52 bits per heavy atom. The summed E-state index contributed by atoms with van der Waals surface area (Å²) in [5, 5.41) is 2.91. The van der Waals surface area contributed by atoms with Gasteiger partial charge in [0.05, 0.1) is 17.4 Å². The highest BCUT2D eigenvalue weighted by molar-refractivity contribution is 5.97. The molecular formula is C16H28N4O. The third kappa shape index (κ3) is 5.73. The minimum absolute atomic E-state index is 0.0143. The topological polar surface area (TPSA) is 61.6 Å². The van der Waals surface area contributed by atoms with Crippen molar-refractivity contribution >= 4 is 17.3 Å². The minimum atomic E-state index is -0.170. The number of benzene rings is 1. The first-order valence-corrected chi connectivity index (χ1v) is 7.49. The van der Waals surface area contributed by atoms with Crippen LogP contribution in [0.1, 0.15) is 20.3 Å². The van der Waals surface area contributed by atoms with Gasteiger partial charge in [-0.05, 0) is 52.7 Å². The van der Waals surface area contributed by atoms with E-state index in [1.165, 1.54) is 0 Å². The van der Waals surface area contributed by atoms with Crippen LogP contribution in [0, 0.1) is 0 Å². The molecular weight excluding hydrogens is 264 g/mol. The van der Waals surface area contributed by atoms with Crippen LogP contribution >= 0.6 is 0 Å². The van der Waals surface area contributed by atoms with Gasteiger partial charge in [0, 0.05) is 6.54 Å². The van der Waals surface area contributed by atoms with Gasteiger partial charge in [-0.25, -0.2) is 0 Å². The molecule has 0 fully saturated rings. The second-order valence-electron chi connectivity index (χ2n) is 5.54. The number of amides is 1. The Labute approximate surface area is 128 Å². The van der Waals surface area contributed by atoms with Crippen LogP contribution in [-0.2, 0) is 4.79 Å². The first-order valence-electron chi connectivity index (χ1n) is 7.49. The van der Waals surface area contributed by atoms with Gasteiger partial charge in [0.15, 0.2) is 0 Å². The molecule has 0 radical (unpaired) electrons. The molecule has 0 spiro atoms. The molecule has 3 N–H and O–H groups in total. The fourth-order valence-corrected chi connectivity index (χ4v) is 2.23. The van der Waals surface area contributed by atoms with Gasteiger partial charge in [0.2, 0.25) is 5.91 Å². The van der Waals surface area contributed by atoms with E-state index < -0.39 is 0 Å². The third-order valence-electron chi connectivity index (χ3n) is 3.60. The Bertz CT molecular complexity index is 448. The normalized spacial score (nSPS) is 12.7. The minimum Gasteiger partial charge on any atom is -0.397 e. The van der Waals surface area contributed by atoms with Gasteiger partial charge in [-0.3, -0.25) is 9.69 Å². The molecule has 1 rings (SSSR count). The van der Waals surface area contributed by atoms with E-state index in [1.807, 2.05) is 25.1 Å². The third-order valence-corrected chi connectivity index (χ3v) is 3.60. The Morgan fingerprint density at radius 2 is 1.95 bits per heavy atom. The number of para-hydroxylation sites is 2. The van der Waals surface area contributed by atoms with Gasteiger partial charge >= 0.3 is 0 Å². The van der Waals surface area contributed by atoms with Crippen molar-refractivity contribution in [2.24, 2.45) is 0 Å². The van der Waals surface area contributed by atoms with E-state index in [4.69, 9.17) is 5.73 Å². The molecule has 0 heterocycles. The van der Waals surface area contributed by atoms with Gasteiger partial charge in [-0.1, -0.05) is 19.1 Å². The Balaban J connectivity index is 2.56. The van der Waals surface area contributed by atoms with E-state index >= 15 is 0 Å². The number of carbonyl (C=O) groups excluding carboxylic acids is 1. The molecule has 0 saturated carbocycles. The fraction of sp³-hybridized carbons (Fsp3) is 0.562. The summed E-state index contributed by atoms with van der Waals surface area (Å²) in [6.07, 6.45) is 1.05. The Morgan fingerprint density at radius 1 is 1.29 bits per heavy atom. The lowest BCUT2D eigenvalue weighted by atomic mass is 10.2. The van der Waals surface area contributed by atoms with Crippen molar-refractivity contribution in [1.29, 1.82) is 0 Å². The van der Waals surface area contributed by atoms with Gasteiger partial charge in [-0.15, -0.1) is 0 Å². The van der Waals surface area contributed by atoms with Gasteiger partial charge in [0.25, 0.3) is 0 Å². The summed E-state index contributed by atoms with van der Waals surface area (Å²) in [5.74, 6) is -0.0143. The van der Waals surface area contributed by atoms with Crippen LogP contribution in [0.4, 0.5) is 11.4 Å². The molecule has 5 nitrogen and oxygen atoms in total. The molecule has 0 bridgehead atoms. The van der Waals surface area contributed by atoms with E-state index in [9.17, 15) is 4.79 Å². The molecule has 5 heteroatoms. The molecule has 1 amide bonds. The maximum absolute atomic E-state index is 12.3. The highest BCUT2D eigenvalue weighted by Gasteiger charge is 2.20. The van der Waals surface area contributed by atoms with E-state index in [2.05, 4.69) is 36.1 Å². The lowest BCUT2D eigenvalue weighted by Crippen LogP contribution is -2.43. The standard InChI is InChI=1S/C16H28N4O/c1-5-20(12-8-11-19(3)4)13(2)16(21)18-15-10-7-6-9-14(15)17/h6-7,9-10,13H,5,8,11-12,17H2,1-4H3,(H,18,21). The number of anilines is 2. The first-order chi connectivity index (χ1) is 9.95. The van der Waals surface area contributed by atoms with Crippen LogP contribution in [0.15, 0.2) is 24.3 Å². The monoisotopic (exact) mass is 292 g/mol. The molecule has 1 aromatic rings. The SMILES string of the molecule is CCN(CCCN(C)C)C(C)C(=O)Nc1ccccc1N. The van der Waals surface area contributed by atoms with Crippen LogP contribution in [0.5, 0.6) is 0 Å². The fourth-order valence-electron chi connectivity index (χ4n) is 2.23. The molecule has 0 saturated heterocycles. The Kier molecular flexibility index (Phi) is 7.19. The van der Waals surface area contributed by atoms with E-state index in [1.54, 1.807) is 6.07 Å². The summed E-state index contributed by atoms with van der Waals surface area (Å²) in [6, 6.07) is 7.16. The zero-order chi connectivity index (χ0) is 15.8. The van der Waals surface area contributed by atoms with Crippen LogP contribution < -0.4 is 11.1 Å². The van der Waals surface area contributed by atoms with Crippen LogP contribution in [-0.4, -0.2) is 55.5 Å². The van der Waals surface area contributed by atoms with E-state index in [0.717, 1.165) is 26.1 Å². The molecule has 21 heavy (non-hydrogen) atoms. The smallest absolute Gasteiger partial charge is 0.241 e. The Hall–Kier alpha value is -1.59. The molecule has 0 aromatic heterocycles. The number of hydrogen-bond donors (Lipinski definition) is 2. The van der Waals surface area contributed by atoms with E-state index in [0.29, 0.717) is 11.4 Å². The molecule has 0 aliphatic rings. The number of likely N-dealkylation sites (N-methyl/N-ethyl adjacent to an activating group) is 1. The quantitative estimate of drug-likeness (QED) is 0.718. The lowest BCUT2D eigenvalue weighted by molar-refractivity contribution is -0.120. The van der Waals surface area contributed by atoms with Crippen molar-refractivity contribution in [1.82, 2.24) is 9.80 Å². The molecule has 1 aromatic carbocycles. The largest absolute Gasteiger partial charge is 0.397 e. The highest BCUT2D eigenvalue weighted by atomic mass is 16.2. The van der Waals surface area contributed by atoms with Crippen molar-refractivity contribution in [3.63, 3.8) is 0 Å². The van der Waals surface area contributed by atoms with Crippen LogP contribution in [0.3, 0.4) is 0 Å². The highest BCUT2D eigenvalue weighted by Crippen LogP contribution is 2.17. The average molecular weight is 292 g/mol. The number of nitrogen functional groups attached to an aromatic ring is 1. The van der Waals surface area contributed by atoms with Crippen molar-refractivity contribution in [3.8, 4) is 0 Å². The maximum atomic E-state index is 12.3. The molecule has 1 unspecified atom stereocenters. The van der Waals surface area contributed by atoms with Gasteiger partial charge in [-0.2, -0.15) is 0 Å². The number of nitrogens with zero attached hydrogens (tertiary/aromatic N) is 2. The lowest BCUT2D eigenvalue weighted by Gasteiger charge is -2.27.